The van der Waals surface area contributed by atoms with Crippen molar-refractivity contribution >= 4 is 38.9 Å². The molecular formula is C19H22N4O4S. The van der Waals surface area contributed by atoms with Crippen LogP contribution in [0.25, 0.3) is 0 Å². The molecule has 0 saturated heterocycles. The summed E-state index contributed by atoms with van der Waals surface area (Å²) in [7, 11) is -3.64. The second-order valence-electron chi connectivity index (χ2n) is 6.10. The van der Waals surface area contributed by atoms with Gasteiger partial charge in [0.2, 0.25) is 15.9 Å². The maximum atomic E-state index is 12.2. The average Bonchev–Trinajstić information content (AvgIpc) is 2.63. The smallest absolute Gasteiger partial charge is 0.260 e. The van der Waals surface area contributed by atoms with Gasteiger partial charge in [-0.15, -0.1) is 0 Å². The molecular weight excluding hydrogens is 380 g/mol. The monoisotopic (exact) mass is 402 g/mol. The van der Waals surface area contributed by atoms with Gasteiger partial charge in [0.25, 0.3) is 5.91 Å². The minimum absolute atomic E-state index is 0.193. The molecule has 2 amide bonds. The highest BCUT2D eigenvalue weighted by Gasteiger charge is 2.20. The van der Waals surface area contributed by atoms with E-state index < -0.39 is 22.5 Å². The summed E-state index contributed by atoms with van der Waals surface area (Å²) in [5, 5.41) is 6.70. The van der Waals surface area contributed by atoms with Gasteiger partial charge < -0.3 is 5.32 Å². The lowest BCUT2D eigenvalue weighted by Gasteiger charge is -2.21. The van der Waals surface area contributed by atoms with E-state index in [4.69, 9.17) is 0 Å². The summed E-state index contributed by atoms with van der Waals surface area (Å²) in [6.07, 6.45) is 1.04. The van der Waals surface area contributed by atoms with Crippen molar-refractivity contribution < 1.29 is 18.0 Å². The molecule has 0 fully saturated rings. The van der Waals surface area contributed by atoms with Crippen LogP contribution in [0, 0.1) is 0 Å². The van der Waals surface area contributed by atoms with Gasteiger partial charge in [0.05, 0.1) is 17.7 Å². The number of para-hydroxylation sites is 1. The number of hydrazone groups is 1. The molecule has 2 rings (SSSR count). The summed E-state index contributed by atoms with van der Waals surface area (Å²) >= 11 is 0. The molecule has 0 aliphatic rings. The molecule has 0 atom stereocenters. The maximum Gasteiger partial charge on any atom is 0.260 e. The second-order valence-corrected chi connectivity index (χ2v) is 8.01. The van der Waals surface area contributed by atoms with Gasteiger partial charge in [0.15, 0.2) is 0 Å². The molecule has 28 heavy (non-hydrogen) atoms. The van der Waals surface area contributed by atoms with Crippen LogP contribution in [0.2, 0.25) is 0 Å². The van der Waals surface area contributed by atoms with Crippen molar-refractivity contribution in [2.45, 2.75) is 13.8 Å². The van der Waals surface area contributed by atoms with E-state index in [0.29, 0.717) is 22.6 Å². The van der Waals surface area contributed by atoms with Gasteiger partial charge in [-0.05, 0) is 36.8 Å². The lowest BCUT2D eigenvalue weighted by Crippen LogP contribution is -2.39. The Morgan fingerprint density at radius 2 is 1.71 bits per heavy atom. The molecule has 9 heteroatoms. The zero-order chi connectivity index (χ0) is 20.7. The first kappa shape index (κ1) is 21.1. The third-order valence-electron chi connectivity index (χ3n) is 3.68. The molecule has 0 bridgehead atoms. The van der Waals surface area contributed by atoms with Crippen LogP contribution in [0.3, 0.4) is 0 Å². The quantitative estimate of drug-likeness (QED) is 0.545. The predicted molar refractivity (Wildman–Crippen MR) is 110 cm³/mol. The normalized spacial score (nSPS) is 11.6. The van der Waals surface area contributed by atoms with E-state index in [1.165, 1.54) is 6.92 Å². The Bertz CT molecular complexity index is 988. The van der Waals surface area contributed by atoms with Gasteiger partial charge in [-0.25, -0.2) is 13.8 Å². The summed E-state index contributed by atoms with van der Waals surface area (Å²) in [6.45, 7) is 2.71. The summed E-state index contributed by atoms with van der Waals surface area (Å²) in [6, 6.07) is 15.3. The highest BCUT2D eigenvalue weighted by Crippen LogP contribution is 2.16. The molecule has 148 valence electrons. The third-order valence-corrected chi connectivity index (χ3v) is 4.82. The predicted octanol–water partition coefficient (Wildman–Crippen LogP) is 1.95. The van der Waals surface area contributed by atoms with Crippen molar-refractivity contribution in [2.24, 2.45) is 5.10 Å². The van der Waals surface area contributed by atoms with Crippen LogP contribution in [0.1, 0.15) is 19.4 Å². The minimum Gasteiger partial charge on any atom is -0.326 e. The molecule has 0 radical (unpaired) electrons. The second kappa shape index (κ2) is 9.14. The number of carbonyl (C=O) groups excluding carboxylic acids is 2. The fourth-order valence-electron chi connectivity index (χ4n) is 2.40. The Kier molecular flexibility index (Phi) is 6.89. The van der Waals surface area contributed by atoms with E-state index in [1.54, 1.807) is 61.5 Å². The molecule has 0 heterocycles. The lowest BCUT2D eigenvalue weighted by molar-refractivity contribution is -0.119. The Balaban J connectivity index is 2.10. The number of benzene rings is 2. The highest BCUT2D eigenvalue weighted by atomic mass is 32.2. The zero-order valence-electron chi connectivity index (χ0n) is 15.8. The van der Waals surface area contributed by atoms with Crippen LogP contribution in [0.15, 0.2) is 59.7 Å². The Morgan fingerprint density at radius 1 is 1.04 bits per heavy atom. The number of nitrogens with one attached hydrogen (secondary N) is 2. The zero-order valence-corrected chi connectivity index (χ0v) is 16.7. The summed E-state index contributed by atoms with van der Waals surface area (Å²) in [5.41, 5.74) is 4.58. The van der Waals surface area contributed by atoms with Crippen LogP contribution < -0.4 is 15.0 Å². The number of anilines is 2. The third kappa shape index (κ3) is 6.20. The molecule has 8 nitrogen and oxygen atoms in total. The van der Waals surface area contributed by atoms with E-state index >= 15 is 0 Å². The molecule has 0 unspecified atom stereocenters. The minimum atomic E-state index is -3.64. The fraction of sp³-hybridized carbons (Fsp3) is 0.211. The Labute approximate surface area is 164 Å². The molecule has 0 saturated carbocycles. The first-order chi connectivity index (χ1) is 13.2. The number of hydrogen-bond acceptors (Lipinski definition) is 5. The molecule has 0 aliphatic heterocycles. The van der Waals surface area contributed by atoms with Crippen LogP contribution in [-0.4, -0.2) is 38.7 Å². The van der Waals surface area contributed by atoms with Crippen molar-refractivity contribution in [2.75, 3.05) is 22.4 Å². The van der Waals surface area contributed by atoms with Crippen molar-refractivity contribution in [3.05, 3.63) is 60.2 Å². The van der Waals surface area contributed by atoms with Gasteiger partial charge in [-0.1, -0.05) is 30.3 Å². The summed E-state index contributed by atoms with van der Waals surface area (Å²) < 4.78 is 25.1. The number of carbonyl (C=O) groups is 2. The van der Waals surface area contributed by atoms with E-state index in [9.17, 15) is 18.0 Å². The SMILES string of the molecule is CC(=O)Nc1cccc(/C(C)=N\NC(=O)CN(c2ccccc2)S(C)(=O)=O)c1. The van der Waals surface area contributed by atoms with Crippen LogP contribution in [0.4, 0.5) is 11.4 Å². The van der Waals surface area contributed by atoms with Gasteiger partial charge in [0, 0.05) is 12.6 Å². The van der Waals surface area contributed by atoms with E-state index in [1.807, 2.05) is 0 Å². The number of nitrogens with zero attached hydrogens (tertiary/aromatic N) is 2. The Hall–Kier alpha value is -3.20. The molecule has 2 aromatic rings. The number of hydrogen-bond donors (Lipinski definition) is 2. The van der Waals surface area contributed by atoms with Gasteiger partial charge in [-0.2, -0.15) is 5.10 Å². The van der Waals surface area contributed by atoms with Crippen molar-refractivity contribution in [3.63, 3.8) is 0 Å². The van der Waals surface area contributed by atoms with Crippen molar-refractivity contribution in [1.82, 2.24) is 5.43 Å². The number of rotatable bonds is 7. The van der Waals surface area contributed by atoms with Crippen LogP contribution in [0.5, 0.6) is 0 Å². The average molecular weight is 402 g/mol. The molecule has 0 aromatic heterocycles. The highest BCUT2D eigenvalue weighted by molar-refractivity contribution is 7.92. The first-order valence-corrected chi connectivity index (χ1v) is 10.3. The van der Waals surface area contributed by atoms with Crippen molar-refractivity contribution in [3.8, 4) is 0 Å². The van der Waals surface area contributed by atoms with E-state index in [-0.39, 0.29) is 5.91 Å². The van der Waals surface area contributed by atoms with Crippen LogP contribution in [-0.2, 0) is 19.6 Å². The van der Waals surface area contributed by atoms with Gasteiger partial charge in [-0.3, -0.25) is 13.9 Å². The van der Waals surface area contributed by atoms with Crippen LogP contribution >= 0.6 is 0 Å². The molecule has 0 aliphatic carbocycles. The molecule has 2 aromatic carbocycles. The number of amides is 2. The van der Waals surface area contributed by atoms with Gasteiger partial charge >= 0.3 is 0 Å². The topological polar surface area (TPSA) is 108 Å². The summed E-state index contributed by atoms with van der Waals surface area (Å²) in [5.74, 6) is -0.770. The summed E-state index contributed by atoms with van der Waals surface area (Å²) in [4.78, 5) is 23.4. The largest absolute Gasteiger partial charge is 0.326 e. The van der Waals surface area contributed by atoms with Crippen molar-refractivity contribution in [1.29, 1.82) is 0 Å². The van der Waals surface area contributed by atoms with E-state index in [0.717, 1.165) is 10.6 Å². The van der Waals surface area contributed by atoms with E-state index in [2.05, 4.69) is 15.8 Å². The molecule has 0 spiro atoms. The Morgan fingerprint density at radius 3 is 2.32 bits per heavy atom. The van der Waals surface area contributed by atoms with Gasteiger partial charge in [0.1, 0.15) is 6.54 Å². The standard InChI is InChI=1S/C19H22N4O4S/c1-14(16-8-7-9-17(12-16)20-15(2)24)21-22-19(25)13-23(28(3,26)27)18-10-5-4-6-11-18/h4-12H,13H2,1-3H3,(H,20,24)(H,22,25)/b21-14-. The fourth-order valence-corrected chi connectivity index (χ4v) is 3.25. The first-order valence-electron chi connectivity index (χ1n) is 8.41. The maximum absolute atomic E-state index is 12.2. The molecule has 2 N–H and O–H groups in total. The lowest BCUT2D eigenvalue weighted by atomic mass is 10.1. The number of sulfonamides is 1.